The van der Waals surface area contributed by atoms with Gasteiger partial charge >= 0.3 is 0 Å². The molecule has 0 amide bonds. The van der Waals surface area contributed by atoms with Gasteiger partial charge in [-0.05, 0) is 49.4 Å². The smallest absolute Gasteiger partial charge is 0.00200 e. The van der Waals surface area contributed by atoms with E-state index in [4.69, 9.17) is 0 Å². The highest BCUT2D eigenvalue weighted by molar-refractivity contribution is 7.99. The number of nitrogens with one attached hydrogen (secondary N) is 1. The topological polar surface area (TPSA) is 12.0 Å². The molecule has 1 rings (SSSR count). The van der Waals surface area contributed by atoms with E-state index in [9.17, 15) is 0 Å². The molecule has 1 aromatic carbocycles. The molecule has 0 spiro atoms. The third-order valence-electron chi connectivity index (χ3n) is 2.73. The highest BCUT2D eigenvalue weighted by Gasteiger charge is 2.08. The van der Waals surface area contributed by atoms with Gasteiger partial charge in [0.2, 0.25) is 0 Å². The summed E-state index contributed by atoms with van der Waals surface area (Å²) in [6.07, 6.45) is 2.51. The van der Waals surface area contributed by atoms with Gasteiger partial charge in [-0.1, -0.05) is 37.3 Å². The van der Waals surface area contributed by atoms with Crippen molar-refractivity contribution in [2.45, 2.75) is 19.8 Å². The molecule has 16 heavy (non-hydrogen) atoms. The summed E-state index contributed by atoms with van der Waals surface area (Å²) in [7, 11) is 2.05. The zero-order chi connectivity index (χ0) is 11.6. The molecule has 0 aliphatic rings. The first-order chi connectivity index (χ1) is 7.86. The summed E-state index contributed by atoms with van der Waals surface area (Å²) in [6.45, 7) is 3.36. The zero-order valence-electron chi connectivity index (χ0n) is 10.4. The Kier molecular flexibility index (Phi) is 7.35. The Morgan fingerprint density at radius 1 is 1.25 bits per heavy atom. The fourth-order valence-electron chi connectivity index (χ4n) is 1.91. The Balaban J connectivity index is 2.38. The summed E-state index contributed by atoms with van der Waals surface area (Å²) < 4.78 is 0. The largest absolute Gasteiger partial charge is 0.319 e. The van der Waals surface area contributed by atoms with Gasteiger partial charge in [0, 0.05) is 0 Å². The van der Waals surface area contributed by atoms with E-state index in [-0.39, 0.29) is 0 Å². The van der Waals surface area contributed by atoms with Crippen molar-refractivity contribution in [3.8, 4) is 0 Å². The van der Waals surface area contributed by atoms with E-state index in [2.05, 4.69) is 42.6 Å². The molecule has 0 bridgehead atoms. The molecule has 1 nitrogen and oxygen atoms in total. The van der Waals surface area contributed by atoms with Gasteiger partial charge in [-0.2, -0.15) is 11.8 Å². The Hall–Kier alpha value is -0.470. The lowest BCUT2D eigenvalue weighted by molar-refractivity contribution is 0.484. The van der Waals surface area contributed by atoms with Crippen molar-refractivity contribution < 1.29 is 0 Å². The average Bonchev–Trinajstić information content (AvgIpc) is 2.31. The molecule has 2 heteroatoms. The summed E-state index contributed by atoms with van der Waals surface area (Å²) in [5.41, 5.74) is 1.46. The first kappa shape index (κ1) is 13.6. The van der Waals surface area contributed by atoms with E-state index in [1.54, 1.807) is 0 Å². The quantitative estimate of drug-likeness (QED) is 0.697. The number of rotatable bonds is 8. The van der Waals surface area contributed by atoms with E-state index in [0.29, 0.717) is 0 Å². The van der Waals surface area contributed by atoms with E-state index in [1.165, 1.54) is 29.9 Å². The Morgan fingerprint density at radius 2 is 2.00 bits per heavy atom. The lowest BCUT2D eigenvalue weighted by Crippen LogP contribution is -2.21. The standard InChI is InChI=1S/C14H23NS/c1-3-16-10-9-14(12-15-2)11-13-7-5-4-6-8-13/h4-8,14-15H,3,9-12H2,1-2H3. The molecular formula is C14H23NS. The monoisotopic (exact) mass is 237 g/mol. The van der Waals surface area contributed by atoms with Crippen LogP contribution in [0.2, 0.25) is 0 Å². The molecule has 0 aliphatic heterocycles. The van der Waals surface area contributed by atoms with Crippen LogP contribution in [0, 0.1) is 5.92 Å². The molecule has 0 fully saturated rings. The molecule has 1 unspecified atom stereocenters. The van der Waals surface area contributed by atoms with Crippen molar-refractivity contribution >= 4 is 11.8 Å². The van der Waals surface area contributed by atoms with Crippen LogP contribution in [0.15, 0.2) is 30.3 Å². The Bertz CT molecular complexity index is 261. The fraction of sp³-hybridized carbons (Fsp3) is 0.571. The molecule has 0 aliphatic carbocycles. The third-order valence-corrected chi connectivity index (χ3v) is 3.67. The summed E-state index contributed by atoms with van der Waals surface area (Å²) in [6, 6.07) is 10.8. The lowest BCUT2D eigenvalue weighted by Gasteiger charge is -2.16. The van der Waals surface area contributed by atoms with Crippen LogP contribution in [0.25, 0.3) is 0 Å². The minimum atomic E-state index is 0.770. The average molecular weight is 237 g/mol. The van der Waals surface area contributed by atoms with Crippen molar-refractivity contribution in [2.75, 3.05) is 25.1 Å². The van der Waals surface area contributed by atoms with E-state index < -0.39 is 0 Å². The third kappa shape index (κ3) is 5.57. The van der Waals surface area contributed by atoms with Crippen molar-refractivity contribution in [1.29, 1.82) is 0 Å². The van der Waals surface area contributed by atoms with Crippen LogP contribution >= 0.6 is 11.8 Å². The van der Waals surface area contributed by atoms with Crippen LogP contribution in [0.5, 0.6) is 0 Å². The van der Waals surface area contributed by atoms with Gasteiger partial charge in [-0.15, -0.1) is 0 Å². The van der Waals surface area contributed by atoms with Crippen molar-refractivity contribution in [3.63, 3.8) is 0 Å². The predicted molar refractivity (Wildman–Crippen MR) is 75.2 cm³/mol. The highest BCUT2D eigenvalue weighted by Crippen LogP contribution is 2.14. The first-order valence-electron chi connectivity index (χ1n) is 6.13. The zero-order valence-corrected chi connectivity index (χ0v) is 11.2. The van der Waals surface area contributed by atoms with E-state index >= 15 is 0 Å². The highest BCUT2D eigenvalue weighted by atomic mass is 32.2. The maximum atomic E-state index is 3.31. The van der Waals surface area contributed by atoms with Crippen LogP contribution in [-0.4, -0.2) is 25.1 Å². The summed E-state index contributed by atoms with van der Waals surface area (Å²) in [5, 5.41) is 3.31. The van der Waals surface area contributed by atoms with Crippen LogP contribution in [0.1, 0.15) is 18.9 Å². The molecule has 1 atom stereocenters. The fourth-order valence-corrected chi connectivity index (χ4v) is 2.70. The van der Waals surface area contributed by atoms with Crippen molar-refractivity contribution in [2.24, 2.45) is 5.92 Å². The molecular weight excluding hydrogens is 214 g/mol. The van der Waals surface area contributed by atoms with Gasteiger partial charge < -0.3 is 5.32 Å². The molecule has 0 saturated heterocycles. The molecule has 0 heterocycles. The second-order valence-electron chi connectivity index (χ2n) is 4.10. The Labute approximate surface area is 104 Å². The van der Waals surface area contributed by atoms with Gasteiger partial charge in [0.05, 0.1) is 0 Å². The van der Waals surface area contributed by atoms with Crippen LogP contribution in [-0.2, 0) is 6.42 Å². The Morgan fingerprint density at radius 3 is 2.62 bits per heavy atom. The number of hydrogen-bond acceptors (Lipinski definition) is 2. The molecule has 0 radical (unpaired) electrons. The van der Waals surface area contributed by atoms with E-state index in [0.717, 1.165) is 12.5 Å². The number of thioether (sulfide) groups is 1. The minimum absolute atomic E-state index is 0.770. The second kappa shape index (κ2) is 8.66. The van der Waals surface area contributed by atoms with Crippen molar-refractivity contribution in [3.05, 3.63) is 35.9 Å². The molecule has 0 saturated carbocycles. The van der Waals surface area contributed by atoms with Gasteiger partial charge in [-0.25, -0.2) is 0 Å². The van der Waals surface area contributed by atoms with Gasteiger partial charge in [-0.3, -0.25) is 0 Å². The van der Waals surface area contributed by atoms with Crippen molar-refractivity contribution in [1.82, 2.24) is 5.32 Å². The SMILES string of the molecule is CCSCCC(CNC)Cc1ccccc1. The molecule has 0 aromatic heterocycles. The number of hydrogen-bond donors (Lipinski definition) is 1. The van der Waals surface area contributed by atoms with Crippen LogP contribution in [0.3, 0.4) is 0 Å². The van der Waals surface area contributed by atoms with Gasteiger partial charge in [0.1, 0.15) is 0 Å². The van der Waals surface area contributed by atoms with Crippen LogP contribution < -0.4 is 5.32 Å². The summed E-state index contributed by atoms with van der Waals surface area (Å²) in [5.74, 6) is 3.29. The number of benzene rings is 1. The molecule has 90 valence electrons. The molecule has 1 aromatic rings. The summed E-state index contributed by atoms with van der Waals surface area (Å²) in [4.78, 5) is 0. The maximum absolute atomic E-state index is 3.31. The lowest BCUT2D eigenvalue weighted by atomic mass is 9.97. The minimum Gasteiger partial charge on any atom is -0.319 e. The second-order valence-corrected chi connectivity index (χ2v) is 5.49. The normalized spacial score (nSPS) is 12.6. The molecule has 1 N–H and O–H groups in total. The maximum Gasteiger partial charge on any atom is -0.00200 e. The van der Waals surface area contributed by atoms with E-state index in [1.807, 2.05) is 18.8 Å². The summed E-state index contributed by atoms with van der Waals surface area (Å²) >= 11 is 2.05. The van der Waals surface area contributed by atoms with Gasteiger partial charge in [0.25, 0.3) is 0 Å². The van der Waals surface area contributed by atoms with Gasteiger partial charge in [0.15, 0.2) is 0 Å². The predicted octanol–water partition coefficient (Wildman–Crippen LogP) is 3.21. The van der Waals surface area contributed by atoms with Crippen LogP contribution in [0.4, 0.5) is 0 Å². The first-order valence-corrected chi connectivity index (χ1v) is 7.28.